The molecular formula is C13H14N4O. The first-order valence-electron chi connectivity index (χ1n) is 5.49. The zero-order valence-corrected chi connectivity index (χ0v) is 10.3. The van der Waals surface area contributed by atoms with Crippen molar-refractivity contribution >= 4 is 5.84 Å². The van der Waals surface area contributed by atoms with E-state index in [9.17, 15) is 0 Å². The van der Waals surface area contributed by atoms with Gasteiger partial charge in [-0.2, -0.15) is 0 Å². The summed E-state index contributed by atoms with van der Waals surface area (Å²) in [6, 6.07) is 7.00. The lowest BCUT2D eigenvalue weighted by Gasteiger charge is -2.09. The van der Waals surface area contributed by atoms with Crippen LogP contribution < -0.4 is 10.5 Å². The number of amidine groups is 1. The number of aromatic nitrogens is 2. The number of nitrogen functional groups attached to an aromatic ring is 1. The van der Waals surface area contributed by atoms with E-state index in [0.29, 0.717) is 17.2 Å². The highest BCUT2D eigenvalue weighted by molar-refractivity contribution is 5.95. The molecule has 3 N–H and O–H groups in total. The van der Waals surface area contributed by atoms with Gasteiger partial charge in [0.2, 0.25) is 5.88 Å². The Labute approximate surface area is 105 Å². The van der Waals surface area contributed by atoms with Crippen LogP contribution in [0.4, 0.5) is 0 Å². The summed E-state index contributed by atoms with van der Waals surface area (Å²) in [5, 5.41) is 7.43. The van der Waals surface area contributed by atoms with Crippen molar-refractivity contribution in [1.29, 1.82) is 5.41 Å². The van der Waals surface area contributed by atoms with Gasteiger partial charge in [0.05, 0.1) is 5.69 Å². The average molecular weight is 242 g/mol. The Balaban J connectivity index is 2.35. The summed E-state index contributed by atoms with van der Waals surface area (Å²) in [5.74, 6) is 1.05. The van der Waals surface area contributed by atoms with Crippen molar-refractivity contribution in [2.24, 2.45) is 5.73 Å². The molecule has 0 amide bonds. The molecule has 5 heteroatoms. The highest BCUT2D eigenvalue weighted by Gasteiger charge is 2.06. The third-order valence-electron chi connectivity index (χ3n) is 2.41. The van der Waals surface area contributed by atoms with Crippen molar-refractivity contribution in [3.05, 3.63) is 47.4 Å². The molecule has 2 rings (SSSR count). The van der Waals surface area contributed by atoms with E-state index in [-0.39, 0.29) is 5.84 Å². The van der Waals surface area contributed by atoms with Crippen LogP contribution in [0.3, 0.4) is 0 Å². The predicted octanol–water partition coefficient (Wildman–Crippen LogP) is 2.17. The second-order valence-corrected chi connectivity index (χ2v) is 3.94. The average Bonchev–Trinajstić information content (AvgIpc) is 2.31. The third kappa shape index (κ3) is 2.63. The smallest absolute Gasteiger partial charge is 0.220 e. The van der Waals surface area contributed by atoms with E-state index in [1.807, 2.05) is 19.9 Å². The molecule has 0 radical (unpaired) electrons. The van der Waals surface area contributed by atoms with Crippen LogP contribution in [-0.2, 0) is 0 Å². The molecule has 0 aliphatic rings. The topological polar surface area (TPSA) is 84.9 Å². The number of pyridine rings is 2. The van der Waals surface area contributed by atoms with Crippen LogP contribution in [0.5, 0.6) is 11.6 Å². The maximum atomic E-state index is 7.43. The fourth-order valence-corrected chi connectivity index (χ4v) is 1.54. The van der Waals surface area contributed by atoms with Gasteiger partial charge in [-0.05, 0) is 32.0 Å². The second-order valence-electron chi connectivity index (χ2n) is 3.94. The molecular weight excluding hydrogens is 228 g/mol. The molecule has 0 fully saturated rings. The van der Waals surface area contributed by atoms with Gasteiger partial charge < -0.3 is 10.5 Å². The van der Waals surface area contributed by atoms with Gasteiger partial charge in [-0.25, -0.2) is 4.98 Å². The van der Waals surface area contributed by atoms with Crippen LogP contribution in [0, 0.1) is 19.3 Å². The van der Waals surface area contributed by atoms with Gasteiger partial charge in [0, 0.05) is 23.5 Å². The summed E-state index contributed by atoms with van der Waals surface area (Å²) < 4.78 is 5.65. The van der Waals surface area contributed by atoms with E-state index in [4.69, 9.17) is 15.9 Å². The number of nitrogens with one attached hydrogen (secondary N) is 1. The maximum Gasteiger partial charge on any atom is 0.220 e. The number of rotatable bonds is 3. The quantitative estimate of drug-likeness (QED) is 0.638. The van der Waals surface area contributed by atoms with Gasteiger partial charge in [0.1, 0.15) is 5.84 Å². The van der Waals surface area contributed by atoms with Gasteiger partial charge in [-0.1, -0.05) is 0 Å². The molecule has 0 spiro atoms. The minimum absolute atomic E-state index is 0.00624. The first kappa shape index (κ1) is 12.0. The highest BCUT2D eigenvalue weighted by Crippen LogP contribution is 2.22. The molecule has 0 bridgehead atoms. The van der Waals surface area contributed by atoms with E-state index in [0.717, 1.165) is 11.4 Å². The molecule has 0 unspecified atom stereocenters. The molecule has 2 heterocycles. The fourth-order valence-electron chi connectivity index (χ4n) is 1.54. The Morgan fingerprint density at radius 2 is 2.11 bits per heavy atom. The number of ether oxygens (including phenoxy) is 1. The summed E-state index contributed by atoms with van der Waals surface area (Å²) in [6.07, 6.45) is 1.70. The number of nitrogens with two attached hydrogens (primary N) is 1. The molecule has 5 nitrogen and oxygen atoms in total. The summed E-state index contributed by atoms with van der Waals surface area (Å²) in [5.41, 5.74) is 7.59. The fraction of sp³-hybridized carbons (Fsp3) is 0.154. The molecule has 0 saturated carbocycles. The lowest BCUT2D eigenvalue weighted by Crippen LogP contribution is -2.11. The first-order valence-corrected chi connectivity index (χ1v) is 5.49. The summed E-state index contributed by atoms with van der Waals surface area (Å²) in [7, 11) is 0. The van der Waals surface area contributed by atoms with Gasteiger partial charge in [-0.3, -0.25) is 10.4 Å². The van der Waals surface area contributed by atoms with Crippen LogP contribution in [-0.4, -0.2) is 15.8 Å². The molecule has 18 heavy (non-hydrogen) atoms. The van der Waals surface area contributed by atoms with Crippen molar-refractivity contribution in [3.63, 3.8) is 0 Å². The van der Waals surface area contributed by atoms with E-state index >= 15 is 0 Å². The van der Waals surface area contributed by atoms with Crippen LogP contribution in [0.25, 0.3) is 0 Å². The second kappa shape index (κ2) is 4.83. The lowest BCUT2D eigenvalue weighted by molar-refractivity contribution is 0.455. The number of nitrogens with zero attached hydrogens (tertiary/aromatic N) is 2. The van der Waals surface area contributed by atoms with E-state index in [1.54, 1.807) is 24.4 Å². The zero-order chi connectivity index (χ0) is 13.1. The summed E-state index contributed by atoms with van der Waals surface area (Å²) in [4.78, 5) is 8.39. The molecule has 2 aromatic heterocycles. The normalized spacial score (nSPS) is 10.1. The van der Waals surface area contributed by atoms with Gasteiger partial charge in [0.25, 0.3) is 0 Å². The molecule has 0 aliphatic heterocycles. The molecule has 2 aromatic rings. The number of aryl methyl sites for hydroxylation is 2. The van der Waals surface area contributed by atoms with Crippen LogP contribution in [0.15, 0.2) is 30.5 Å². The summed E-state index contributed by atoms with van der Waals surface area (Å²) in [6.45, 7) is 3.69. The van der Waals surface area contributed by atoms with E-state index in [1.165, 1.54) is 0 Å². The highest BCUT2D eigenvalue weighted by atomic mass is 16.5. The zero-order valence-electron chi connectivity index (χ0n) is 10.3. The molecule has 92 valence electrons. The van der Waals surface area contributed by atoms with Gasteiger partial charge in [0.15, 0.2) is 5.75 Å². The lowest BCUT2D eigenvalue weighted by atomic mass is 10.2. The number of hydrogen-bond acceptors (Lipinski definition) is 4. The molecule has 0 aromatic carbocycles. The minimum atomic E-state index is -0.00624. The first-order chi connectivity index (χ1) is 8.56. The maximum absolute atomic E-state index is 7.43. The van der Waals surface area contributed by atoms with Crippen molar-refractivity contribution in [3.8, 4) is 11.6 Å². The van der Waals surface area contributed by atoms with Gasteiger partial charge >= 0.3 is 0 Å². The van der Waals surface area contributed by atoms with E-state index < -0.39 is 0 Å². The van der Waals surface area contributed by atoms with Crippen molar-refractivity contribution < 1.29 is 4.74 Å². The van der Waals surface area contributed by atoms with E-state index in [2.05, 4.69) is 9.97 Å². The molecule has 0 aliphatic carbocycles. The monoisotopic (exact) mass is 242 g/mol. The molecule has 0 atom stereocenters. The Morgan fingerprint density at radius 1 is 1.33 bits per heavy atom. The Hall–Kier alpha value is -2.43. The molecule has 0 saturated heterocycles. The van der Waals surface area contributed by atoms with Crippen molar-refractivity contribution in [2.45, 2.75) is 13.8 Å². The minimum Gasteiger partial charge on any atom is -0.437 e. The van der Waals surface area contributed by atoms with Crippen LogP contribution in [0.1, 0.15) is 17.0 Å². The summed E-state index contributed by atoms with van der Waals surface area (Å²) >= 11 is 0. The Morgan fingerprint density at radius 3 is 2.78 bits per heavy atom. The van der Waals surface area contributed by atoms with Crippen molar-refractivity contribution in [2.75, 3.05) is 0 Å². The van der Waals surface area contributed by atoms with Crippen LogP contribution in [0.2, 0.25) is 0 Å². The van der Waals surface area contributed by atoms with Gasteiger partial charge in [-0.15, -0.1) is 0 Å². The number of hydrogen-bond donors (Lipinski definition) is 2. The Kier molecular flexibility index (Phi) is 3.23. The van der Waals surface area contributed by atoms with Crippen LogP contribution >= 0.6 is 0 Å². The third-order valence-corrected chi connectivity index (χ3v) is 2.41. The Bertz CT molecular complexity index is 595. The standard InChI is InChI=1S/C13H14N4O/c1-8-6-10(13(14)15)7-12(17-8)18-11-4-3-5-16-9(11)2/h3-7H,1-2H3,(H3,14,15). The largest absolute Gasteiger partial charge is 0.437 e. The van der Waals surface area contributed by atoms with Crippen molar-refractivity contribution in [1.82, 2.24) is 9.97 Å². The predicted molar refractivity (Wildman–Crippen MR) is 69.0 cm³/mol. The SMILES string of the molecule is Cc1cc(C(=N)N)cc(Oc2cccnc2C)n1.